The Morgan fingerprint density at radius 1 is 1.89 bits per heavy atom. The number of esters is 1. The van der Waals surface area contributed by atoms with Gasteiger partial charge >= 0.3 is 5.97 Å². The zero-order valence-electron chi connectivity index (χ0n) is 4.91. The maximum Gasteiger partial charge on any atom is 0.330 e. The normalized spacial score (nSPS) is 31.2. The van der Waals surface area contributed by atoms with Gasteiger partial charge in [0.15, 0.2) is 0 Å². The summed E-state index contributed by atoms with van der Waals surface area (Å²) < 4.78 is 4.62. The first kappa shape index (κ1) is 6.29. The largest absolute Gasteiger partial charge is 0.456 e. The molecule has 0 heterocycles. The fourth-order valence-corrected chi connectivity index (χ4v) is 0.483. The van der Waals surface area contributed by atoms with Crippen LogP contribution >= 0.6 is 0 Å². The van der Waals surface area contributed by atoms with Crippen molar-refractivity contribution in [1.82, 2.24) is 0 Å². The highest BCUT2D eigenvalue weighted by Crippen LogP contribution is 2.24. The van der Waals surface area contributed by atoms with Crippen molar-refractivity contribution in [2.75, 3.05) is 0 Å². The van der Waals surface area contributed by atoms with E-state index in [9.17, 15) is 4.79 Å². The second kappa shape index (κ2) is 2.19. The first-order chi connectivity index (χ1) is 4.24. The van der Waals surface area contributed by atoms with Crippen LogP contribution in [-0.4, -0.2) is 23.3 Å². The van der Waals surface area contributed by atoms with Crippen molar-refractivity contribution in [2.24, 2.45) is 0 Å². The second-order valence-corrected chi connectivity index (χ2v) is 1.98. The number of carbonyl (C=O) groups excluding carboxylic acids is 1. The number of hydrogen-bond donors (Lipinski definition) is 1. The van der Waals surface area contributed by atoms with Gasteiger partial charge in [0.1, 0.15) is 6.10 Å². The zero-order chi connectivity index (χ0) is 6.85. The number of ether oxygens (including phenoxy) is 1. The molecular formula is C6H8O3. The summed E-state index contributed by atoms with van der Waals surface area (Å²) in [5.74, 6) is -0.462. The van der Waals surface area contributed by atoms with Gasteiger partial charge in [-0.15, -0.1) is 0 Å². The highest BCUT2D eigenvalue weighted by molar-refractivity contribution is 5.81. The van der Waals surface area contributed by atoms with Crippen molar-refractivity contribution in [3.63, 3.8) is 0 Å². The van der Waals surface area contributed by atoms with Crippen LogP contribution in [0.1, 0.15) is 6.42 Å². The molecule has 0 bridgehead atoms. The van der Waals surface area contributed by atoms with Gasteiger partial charge in [0, 0.05) is 12.5 Å². The highest BCUT2D eigenvalue weighted by atomic mass is 16.6. The molecule has 0 aromatic heterocycles. The lowest BCUT2D eigenvalue weighted by Crippen LogP contribution is -2.05. The molecule has 0 aromatic carbocycles. The Labute approximate surface area is 52.9 Å². The van der Waals surface area contributed by atoms with E-state index < -0.39 is 12.1 Å². The number of hydrogen-bond acceptors (Lipinski definition) is 3. The van der Waals surface area contributed by atoms with E-state index in [1.807, 2.05) is 0 Å². The van der Waals surface area contributed by atoms with Crippen LogP contribution in [-0.2, 0) is 9.53 Å². The summed E-state index contributed by atoms with van der Waals surface area (Å²) in [6, 6.07) is 0. The molecule has 2 atom stereocenters. The molecule has 3 nitrogen and oxygen atoms in total. The summed E-state index contributed by atoms with van der Waals surface area (Å²) in [5.41, 5.74) is 0. The highest BCUT2D eigenvalue weighted by Gasteiger charge is 2.38. The molecule has 1 rings (SSSR count). The fraction of sp³-hybridized carbons (Fsp3) is 0.500. The summed E-state index contributed by atoms with van der Waals surface area (Å²) >= 11 is 0. The number of carbonyl (C=O) groups is 1. The van der Waals surface area contributed by atoms with Crippen LogP contribution in [0.25, 0.3) is 0 Å². The van der Waals surface area contributed by atoms with Crippen molar-refractivity contribution >= 4 is 5.97 Å². The van der Waals surface area contributed by atoms with E-state index in [1.54, 1.807) is 0 Å². The summed E-state index contributed by atoms with van der Waals surface area (Å²) in [6.45, 7) is 3.21. The Balaban J connectivity index is 2.19. The average molecular weight is 128 g/mol. The smallest absolute Gasteiger partial charge is 0.330 e. The minimum Gasteiger partial charge on any atom is -0.456 e. The SMILES string of the molecule is C=CC(=O)O[C@@H]1CC1O. The Kier molecular flexibility index (Phi) is 1.53. The van der Waals surface area contributed by atoms with E-state index in [0.717, 1.165) is 6.08 Å². The first-order valence-electron chi connectivity index (χ1n) is 2.75. The molecule has 0 aromatic rings. The van der Waals surface area contributed by atoms with E-state index in [0.29, 0.717) is 6.42 Å². The van der Waals surface area contributed by atoms with Gasteiger partial charge in [-0.1, -0.05) is 6.58 Å². The molecule has 3 heteroatoms. The predicted octanol–water partition coefficient (Wildman–Crippen LogP) is -0.151. The molecule has 9 heavy (non-hydrogen) atoms. The maximum atomic E-state index is 10.4. The van der Waals surface area contributed by atoms with E-state index >= 15 is 0 Å². The van der Waals surface area contributed by atoms with Gasteiger partial charge in [0.2, 0.25) is 0 Å². The third-order valence-electron chi connectivity index (χ3n) is 1.13. The Hall–Kier alpha value is -0.830. The van der Waals surface area contributed by atoms with Crippen molar-refractivity contribution in [1.29, 1.82) is 0 Å². The van der Waals surface area contributed by atoms with Crippen molar-refractivity contribution in [2.45, 2.75) is 18.6 Å². The van der Waals surface area contributed by atoms with E-state index in [-0.39, 0.29) is 6.10 Å². The van der Waals surface area contributed by atoms with Gasteiger partial charge in [-0.05, 0) is 0 Å². The summed E-state index contributed by atoms with van der Waals surface area (Å²) in [5, 5.41) is 8.66. The fourth-order valence-electron chi connectivity index (χ4n) is 0.483. The Morgan fingerprint density at radius 3 is 2.78 bits per heavy atom. The first-order valence-corrected chi connectivity index (χ1v) is 2.75. The van der Waals surface area contributed by atoms with Crippen LogP contribution < -0.4 is 0 Å². The van der Waals surface area contributed by atoms with Crippen LogP contribution in [0.4, 0.5) is 0 Å². The molecule has 0 saturated heterocycles. The third-order valence-corrected chi connectivity index (χ3v) is 1.13. The maximum absolute atomic E-state index is 10.4. The molecule has 0 radical (unpaired) electrons. The predicted molar refractivity (Wildman–Crippen MR) is 30.7 cm³/mol. The van der Waals surface area contributed by atoms with Gasteiger partial charge < -0.3 is 9.84 Å². The molecule has 1 aliphatic rings. The Morgan fingerprint density at radius 2 is 2.44 bits per heavy atom. The quantitative estimate of drug-likeness (QED) is 0.415. The summed E-state index contributed by atoms with van der Waals surface area (Å²) in [7, 11) is 0. The number of aliphatic hydroxyl groups excluding tert-OH is 1. The summed E-state index contributed by atoms with van der Waals surface area (Å²) in [4.78, 5) is 10.4. The molecule has 0 aliphatic heterocycles. The Bertz CT molecular complexity index is 141. The number of aliphatic hydroxyl groups is 1. The molecule has 1 saturated carbocycles. The van der Waals surface area contributed by atoms with Crippen LogP contribution in [0.3, 0.4) is 0 Å². The van der Waals surface area contributed by atoms with E-state index in [2.05, 4.69) is 11.3 Å². The average Bonchev–Trinajstić information content (AvgIpc) is 2.47. The van der Waals surface area contributed by atoms with Gasteiger partial charge in [0.05, 0.1) is 6.10 Å². The topological polar surface area (TPSA) is 46.5 Å². The van der Waals surface area contributed by atoms with Crippen molar-refractivity contribution in [3.05, 3.63) is 12.7 Å². The van der Waals surface area contributed by atoms with Gasteiger partial charge in [-0.2, -0.15) is 0 Å². The zero-order valence-corrected chi connectivity index (χ0v) is 4.91. The third kappa shape index (κ3) is 1.54. The molecule has 0 spiro atoms. The minimum absolute atomic E-state index is 0.268. The molecular weight excluding hydrogens is 120 g/mol. The van der Waals surface area contributed by atoms with Crippen LogP contribution in [0.2, 0.25) is 0 Å². The van der Waals surface area contributed by atoms with E-state index in [1.165, 1.54) is 0 Å². The standard InChI is InChI=1S/C6H8O3/c1-2-6(8)9-5-3-4(5)7/h2,4-5,7H,1,3H2/t4?,5-/m1/s1. The molecule has 1 fully saturated rings. The monoisotopic (exact) mass is 128 g/mol. The summed E-state index contributed by atoms with van der Waals surface area (Å²) in [6.07, 6.45) is 0.953. The van der Waals surface area contributed by atoms with Crippen LogP contribution in [0.5, 0.6) is 0 Å². The molecule has 1 aliphatic carbocycles. The lowest BCUT2D eigenvalue weighted by molar-refractivity contribution is -0.139. The van der Waals surface area contributed by atoms with Crippen molar-refractivity contribution in [3.8, 4) is 0 Å². The van der Waals surface area contributed by atoms with Gasteiger partial charge in [-0.3, -0.25) is 0 Å². The minimum atomic E-state index is -0.462. The van der Waals surface area contributed by atoms with Gasteiger partial charge in [-0.25, -0.2) is 4.79 Å². The second-order valence-electron chi connectivity index (χ2n) is 1.98. The molecule has 1 N–H and O–H groups in total. The number of rotatable bonds is 2. The lowest BCUT2D eigenvalue weighted by atomic mass is 10.6. The van der Waals surface area contributed by atoms with Crippen molar-refractivity contribution < 1.29 is 14.6 Å². The molecule has 50 valence electrons. The molecule has 1 unspecified atom stereocenters. The van der Waals surface area contributed by atoms with Crippen LogP contribution in [0, 0.1) is 0 Å². The van der Waals surface area contributed by atoms with E-state index in [4.69, 9.17) is 5.11 Å². The van der Waals surface area contributed by atoms with Gasteiger partial charge in [0.25, 0.3) is 0 Å². The lowest BCUT2D eigenvalue weighted by Gasteiger charge is -1.95. The molecule has 0 amide bonds. The van der Waals surface area contributed by atoms with Crippen LogP contribution in [0.15, 0.2) is 12.7 Å².